The number of hydrogen-bond donors (Lipinski definition) is 2. The van der Waals surface area contributed by atoms with E-state index in [9.17, 15) is 0 Å². The van der Waals surface area contributed by atoms with E-state index in [1.54, 1.807) is 0 Å². The molecule has 0 aliphatic carbocycles. The summed E-state index contributed by atoms with van der Waals surface area (Å²) in [6.07, 6.45) is 0.770. The second-order valence-corrected chi connectivity index (χ2v) is 4.74. The van der Waals surface area contributed by atoms with Crippen molar-refractivity contribution in [2.75, 3.05) is 18.5 Å². The molecule has 0 bridgehead atoms. The first-order valence-electron chi connectivity index (χ1n) is 5.98. The molecule has 4 nitrogen and oxygen atoms in total. The molecule has 1 aromatic heterocycles. The van der Waals surface area contributed by atoms with Crippen molar-refractivity contribution in [2.24, 2.45) is 5.92 Å². The third kappa shape index (κ3) is 2.89. The zero-order valence-electron chi connectivity index (χ0n) is 10.2. The average Bonchev–Trinajstić information content (AvgIpc) is 2.39. The summed E-state index contributed by atoms with van der Waals surface area (Å²) in [5.74, 6) is 1.12. The molecule has 18 heavy (non-hydrogen) atoms. The third-order valence-electron chi connectivity index (χ3n) is 2.88. The van der Waals surface area contributed by atoms with E-state index in [-0.39, 0.29) is 6.61 Å². The van der Waals surface area contributed by atoms with Gasteiger partial charge >= 0.3 is 0 Å². The van der Waals surface area contributed by atoms with E-state index >= 15 is 0 Å². The number of aliphatic hydroxyl groups is 1. The molecule has 0 spiro atoms. The highest BCUT2D eigenvalue weighted by Crippen LogP contribution is 2.25. The van der Waals surface area contributed by atoms with Gasteiger partial charge in [0.05, 0.1) is 0 Å². The van der Waals surface area contributed by atoms with E-state index in [0.717, 1.165) is 29.6 Å². The average molecular weight is 266 g/mol. The molecule has 0 fully saturated rings. The van der Waals surface area contributed by atoms with Crippen molar-refractivity contribution < 1.29 is 5.11 Å². The summed E-state index contributed by atoms with van der Waals surface area (Å²) >= 11 is 6.01. The van der Waals surface area contributed by atoms with Crippen LogP contribution in [0.2, 0.25) is 5.15 Å². The van der Waals surface area contributed by atoms with Gasteiger partial charge in [0.15, 0.2) is 11.0 Å². The van der Waals surface area contributed by atoms with E-state index in [1.165, 1.54) is 0 Å². The minimum absolute atomic E-state index is 0.204. The summed E-state index contributed by atoms with van der Waals surface area (Å²) in [6.45, 7) is 3.03. The standard InChI is InChI=1S/C13H16ClN3O/c1-9(6-7-18)8-15-13-11-5-3-2-4-10(11)12(14)16-17-13/h2-5,9,18H,6-8H2,1H3,(H,15,17). The second-order valence-electron chi connectivity index (χ2n) is 4.38. The number of nitrogens with one attached hydrogen (secondary N) is 1. The molecule has 2 rings (SSSR count). The number of fused-ring (bicyclic) bond motifs is 1. The largest absolute Gasteiger partial charge is 0.396 e. The quantitative estimate of drug-likeness (QED) is 0.873. The first kappa shape index (κ1) is 13.1. The summed E-state index contributed by atoms with van der Waals surface area (Å²) in [7, 11) is 0. The molecule has 96 valence electrons. The SMILES string of the molecule is CC(CCO)CNc1nnc(Cl)c2ccccc12. The van der Waals surface area contributed by atoms with Crippen LogP contribution < -0.4 is 5.32 Å². The summed E-state index contributed by atoms with van der Waals surface area (Å²) < 4.78 is 0. The van der Waals surface area contributed by atoms with Gasteiger partial charge in [0.1, 0.15) is 0 Å². The van der Waals surface area contributed by atoms with Gasteiger partial charge in [-0.2, -0.15) is 0 Å². The van der Waals surface area contributed by atoms with Gasteiger partial charge in [-0.25, -0.2) is 0 Å². The van der Waals surface area contributed by atoms with Crippen LogP contribution >= 0.6 is 11.6 Å². The van der Waals surface area contributed by atoms with E-state index < -0.39 is 0 Å². The number of rotatable bonds is 5. The van der Waals surface area contributed by atoms with E-state index in [1.807, 2.05) is 24.3 Å². The van der Waals surface area contributed by atoms with E-state index in [0.29, 0.717) is 11.1 Å². The van der Waals surface area contributed by atoms with Gasteiger partial charge in [-0.3, -0.25) is 0 Å². The Hall–Kier alpha value is -1.39. The molecule has 2 N–H and O–H groups in total. The molecule has 1 unspecified atom stereocenters. The highest BCUT2D eigenvalue weighted by Gasteiger charge is 2.08. The van der Waals surface area contributed by atoms with Gasteiger partial charge in [-0.15, -0.1) is 10.2 Å². The van der Waals surface area contributed by atoms with Gasteiger partial charge in [0.2, 0.25) is 0 Å². The second kappa shape index (κ2) is 5.98. The lowest BCUT2D eigenvalue weighted by Gasteiger charge is -2.12. The van der Waals surface area contributed by atoms with Crippen LogP contribution in [0.1, 0.15) is 13.3 Å². The zero-order chi connectivity index (χ0) is 13.0. The number of hydrogen-bond acceptors (Lipinski definition) is 4. The van der Waals surface area contributed by atoms with Crippen LogP contribution in [0, 0.1) is 5.92 Å². The predicted molar refractivity (Wildman–Crippen MR) is 73.9 cm³/mol. The van der Waals surface area contributed by atoms with Crippen LogP contribution in [-0.2, 0) is 0 Å². The monoisotopic (exact) mass is 265 g/mol. The van der Waals surface area contributed by atoms with Crippen LogP contribution in [0.3, 0.4) is 0 Å². The Balaban J connectivity index is 2.21. The summed E-state index contributed by atoms with van der Waals surface area (Å²) in [6, 6.07) is 7.76. The molecule has 0 amide bonds. The summed E-state index contributed by atoms with van der Waals surface area (Å²) in [5.41, 5.74) is 0. The molecule has 0 saturated carbocycles. The van der Waals surface area contributed by atoms with E-state index in [2.05, 4.69) is 22.4 Å². The Bertz CT molecular complexity index is 533. The molecule has 5 heteroatoms. The zero-order valence-corrected chi connectivity index (χ0v) is 11.0. The minimum Gasteiger partial charge on any atom is -0.396 e. The fourth-order valence-electron chi connectivity index (χ4n) is 1.80. The lowest BCUT2D eigenvalue weighted by molar-refractivity contribution is 0.266. The van der Waals surface area contributed by atoms with Crippen molar-refractivity contribution in [3.63, 3.8) is 0 Å². The Labute approximate surface area is 111 Å². The molecule has 1 aromatic carbocycles. The fraction of sp³-hybridized carbons (Fsp3) is 0.385. The van der Waals surface area contributed by atoms with Crippen molar-refractivity contribution in [1.29, 1.82) is 0 Å². The number of anilines is 1. The van der Waals surface area contributed by atoms with Gasteiger partial charge in [0.25, 0.3) is 0 Å². The lowest BCUT2D eigenvalue weighted by atomic mass is 10.1. The smallest absolute Gasteiger partial charge is 0.159 e. The molecule has 0 saturated heterocycles. The van der Waals surface area contributed by atoms with Gasteiger partial charge in [-0.05, 0) is 12.3 Å². The van der Waals surface area contributed by atoms with Crippen LogP contribution in [0.15, 0.2) is 24.3 Å². The van der Waals surface area contributed by atoms with Crippen LogP contribution in [-0.4, -0.2) is 28.5 Å². The number of aliphatic hydroxyl groups excluding tert-OH is 1. The lowest BCUT2D eigenvalue weighted by Crippen LogP contribution is -2.14. The molecule has 1 heterocycles. The molecule has 1 atom stereocenters. The highest BCUT2D eigenvalue weighted by atomic mass is 35.5. The van der Waals surface area contributed by atoms with Crippen molar-refractivity contribution in [2.45, 2.75) is 13.3 Å². The maximum Gasteiger partial charge on any atom is 0.159 e. The molecular formula is C13H16ClN3O. The van der Waals surface area contributed by atoms with Crippen LogP contribution in [0.5, 0.6) is 0 Å². The Morgan fingerprint density at radius 3 is 2.72 bits per heavy atom. The number of halogens is 1. The summed E-state index contributed by atoms with van der Waals surface area (Å²) in [5, 5.41) is 22.4. The van der Waals surface area contributed by atoms with Crippen molar-refractivity contribution in [3.8, 4) is 0 Å². The van der Waals surface area contributed by atoms with Gasteiger partial charge < -0.3 is 10.4 Å². The first-order chi connectivity index (χ1) is 8.72. The number of benzene rings is 1. The molecular weight excluding hydrogens is 250 g/mol. The predicted octanol–water partition coefficient (Wildman–Crippen LogP) is 2.71. The van der Waals surface area contributed by atoms with E-state index in [4.69, 9.17) is 16.7 Å². The van der Waals surface area contributed by atoms with Gasteiger partial charge in [0, 0.05) is 23.9 Å². The van der Waals surface area contributed by atoms with Gasteiger partial charge in [-0.1, -0.05) is 42.8 Å². The van der Waals surface area contributed by atoms with Crippen LogP contribution in [0.4, 0.5) is 5.82 Å². The summed E-state index contributed by atoms with van der Waals surface area (Å²) in [4.78, 5) is 0. The van der Waals surface area contributed by atoms with Crippen molar-refractivity contribution >= 4 is 28.2 Å². The fourth-order valence-corrected chi connectivity index (χ4v) is 2.00. The third-order valence-corrected chi connectivity index (χ3v) is 3.16. The number of nitrogens with zero attached hydrogens (tertiary/aromatic N) is 2. The normalized spacial score (nSPS) is 12.6. The maximum atomic E-state index is 8.87. The molecule has 2 aromatic rings. The highest BCUT2D eigenvalue weighted by molar-refractivity contribution is 6.34. The molecule has 0 aliphatic rings. The Morgan fingerprint density at radius 1 is 1.28 bits per heavy atom. The molecule has 0 aliphatic heterocycles. The van der Waals surface area contributed by atoms with Crippen molar-refractivity contribution in [3.05, 3.63) is 29.4 Å². The Kier molecular flexibility index (Phi) is 4.33. The molecule has 0 radical (unpaired) electrons. The topological polar surface area (TPSA) is 58.0 Å². The first-order valence-corrected chi connectivity index (χ1v) is 6.36. The maximum absolute atomic E-state index is 8.87. The number of aromatic nitrogens is 2. The Morgan fingerprint density at radius 2 is 2.00 bits per heavy atom. The minimum atomic E-state index is 0.204. The van der Waals surface area contributed by atoms with Crippen molar-refractivity contribution in [1.82, 2.24) is 10.2 Å². The van der Waals surface area contributed by atoms with Crippen LogP contribution in [0.25, 0.3) is 10.8 Å².